The van der Waals surface area contributed by atoms with Gasteiger partial charge in [-0.1, -0.05) is 62.3 Å². The smallest absolute Gasteiger partial charge is 0.119 e. The Bertz CT molecular complexity index is 366. The number of allylic oxidation sites excluding steroid dienone is 2. The van der Waals surface area contributed by atoms with Crippen molar-refractivity contribution in [3.05, 3.63) is 54.6 Å². The fourth-order valence-electron chi connectivity index (χ4n) is 2.11. The second kappa shape index (κ2) is 6.29. The van der Waals surface area contributed by atoms with E-state index in [9.17, 15) is 0 Å². The Hall–Kier alpha value is -1.50. The zero-order valence-electron chi connectivity index (χ0n) is 10.4. The van der Waals surface area contributed by atoms with Crippen LogP contribution in [0.5, 0.6) is 5.75 Å². The lowest BCUT2D eigenvalue weighted by atomic mass is 9.99. The summed E-state index contributed by atoms with van der Waals surface area (Å²) in [4.78, 5) is 0. The third kappa shape index (κ3) is 3.48. The van der Waals surface area contributed by atoms with Crippen LogP contribution >= 0.6 is 0 Å². The summed E-state index contributed by atoms with van der Waals surface area (Å²) in [6.07, 6.45) is 12.5. The highest BCUT2D eigenvalue weighted by atomic mass is 16.5. The van der Waals surface area contributed by atoms with Crippen molar-refractivity contribution in [3.8, 4) is 5.75 Å². The van der Waals surface area contributed by atoms with Gasteiger partial charge in [-0.15, -0.1) is 0 Å². The summed E-state index contributed by atoms with van der Waals surface area (Å²) in [5.41, 5.74) is 0. The van der Waals surface area contributed by atoms with E-state index in [0.717, 1.165) is 12.2 Å². The summed E-state index contributed by atoms with van der Waals surface area (Å²) >= 11 is 0. The second-order valence-corrected chi connectivity index (χ2v) is 4.46. The predicted molar refractivity (Wildman–Crippen MR) is 72.2 cm³/mol. The molecule has 1 unspecified atom stereocenters. The standard InChI is InChI=1S/C16H20O/c1-2-3-13-16(14-9-7-8-10-14)17-15-11-5-4-6-12-15/h4-12,14,16H,2-3,13H2,1H3. The molecule has 1 aliphatic rings. The first-order chi connectivity index (χ1) is 8.40. The maximum Gasteiger partial charge on any atom is 0.119 e. The van der Waals surface area contributed by atoms with Crippen molar-refractivity contribution in [2.24, 2.45) is 5.92 Å². The van der Waals surface area contributed by atoms with Crippen molar-refractivity contribution in [2.75, 3.05) is 0 Å². The van der Waals surface area contributed by atoms with E-state index in [1.165, 1.54) is 12.8 Å². The zero-order chi connectivity index (χ0) is 11.9. The maximum absolute atomic E-state index is 6.10. The molecule has 1 aromatic carbocycles. The first kappa shape index (κ1) is 12.0. The fourth-order valence-corrected chi connectivity index (χ4v) is 2.11. The number of ether oxygens (including phenoxy) is 1. The van der Waals surface area contributed by atoms with Crippen molar-refractivity contribution in [1.82, 2.24) is 0 Å². The highest BCUT2D eigenvalue weighted by molar-refractivity contribution is 5.24. The second-order valence-electron chi connectivity index (χ2n) is 4.46. The third-order valence-electron chi connectivity index (χ3n) is 3.08. The molecule has 1 aromatic rings. The van der Waals surface area contributed by atoms with Crippen LogP contribution in [0, 0.1) is 5.92 Å². The van der Waals surface area contributed by atoms with Crippen LogP contribution < -0.4 is 4.74 Å². The number of hydrogen-bond acceptors (Lipinski definition) is 1. The molecule has 0 radical (unpaired) electrons. The molecule has 0 fully saturated rings. The molecule has 2 rings (SSSR count). The van der Waals surface area contributed by atoms with Gasteiger partial charge in [-0.3, -0.25) is 0 Å². The van der Waals surface area contributed by atoms with E-state index in [2.05, 4.69) is 31.2 Å². The summed E-state index contributed by atoms with van der Waals surface area (Å²) in [5.74, 6) is 1.41. The summed E-state index contributed by atoms with van der Waals surface area (Å²) in [7, 11) is 0. The summed E-state index contributed by atoms with van der Waals surface area (Å²) in [5, 5.41) is 0. The Kier molecular flexibility index (Phi) is 4.43. The van der Waals surface area contributed by atoms with Crippen LogP contribution in [0.25, 0.3) is 0 Å². The lowest BCUT2D eigenvalue weighted by molar-refractivity contribution is 0.163. The van der Waals surface area contributed by atoms with Crippen LogP contribution in [0.1, 0.15) is 26.2 Å². The topological polar surface area (TPSA) is 9.23 Å². The number of hydrogen-bond donors (Lipinski definition) is 0. The van der Waals surface area contributed by atoms with Crippen molar-refractivity contribution in [3.63, 3.8) is 0 Å². The van der Waals surface area contributed by atoms with E-state index in [1.807, 2.05) is 30.3 Å². The van der Waals surface area contributed by atoms with Gasteiger partial charge >= 0.3 is 0 Å². The lowest BCUT2D eigenvalue weighted by Crippen LogP contribution is -2.23. The summed E-state index contributed by atoms with van der Waals surface area (Å²) in [6.45, 7) is 2.22. The van der Waals surface area contributed by atoms with Gasteiger partial charge in [0, 0.05) is 5.92 Å². The molecule has 1 heteroatoms. The Labute approximate surface area is 104 Å². The number of rotatable bonds is 6. The molecule has 1 nitrogen and oxygen atoms in total. The minimum atomic E-state index is 0.271. The molecule has 0 heterocycles. The van der Waals surface area contributed by atoms with Crippen molar-refractivity contribution in [2.45, 2.75) is 32.3 Å². The minimum absolute atomic E-state index is 0.271. The van der Waals surface area contributed by atoms with E-state index < -0.39 is 0 Å². The average molecular weight is 228 g/mol. The minimum Gasteiger partial charge on any atom is -0.489 e. The van der Waals surface area contributed by atoms with Crippen LogP contribution in [-0.2, 0) is 0 Å². The van der Waals surface area contributed by atoms with E-state index in [1.54, 1.807) is 0 Å². The molecule has 0 aliphatic heterocycles. The van der Waals surface area contributed by atoms with Crippen LogP contribution in [-0.4, -0.2) is 6.10 Å². The van der Waals surface area contributed by atoms with Gasteiger partial charge in [0.1, 0.15) is 11.9 Å². The molecule has 0 bridgehead atoms. The Morgan fingerprint density at radius 1 is 1.12 bits per heavy atom. The molecule has 0 aromatic heterocycles. The van der Waals surface area contributed by atoms with Gasteiger partial charge in [-0.2, -0.15) is 0 Å². The van der Waals surface area contributed by atoms with Gasteiger partial charge in [0.05, 0.1) is 0 Å². The van der Waals surface area contributed by atoms with Gasteiger partial charge in [0.25, 0.3) is 0 Å². The monoisotopic (exact) mass is 228 g/mol. The van der Waals surface area contributed by atoms with Gasteiger partial charge < -0.3 is 4.74 Å². The number of para-hydroxylation sites is 1. The van der Waals surface area contributed by atoms with Crippen LogP contribution in [0.2, 0.25) is 0 Å². The molecule has 1 aliphatic carbocycles. The number of unbranched alkanes of at least 4 members (excludes halogenated alkanes) is 1. The predicted octanol–water partition coefficient (Wildman–Crippen LogP) is 4.37. The highest BCUT2D eigenvalue weighted by Gasteiger charge is 2.19. The van der Waals surface area contributed by atoms with Crippen molar-refractivity contribution < 1.29 is 4.74 Å². The zero-order valence-corrected chi connectivity index (χ0v) is 10.4. The fraction of sp³-hybridized carbons (Fsp3) is 0.375. The normalized spacial score (nSPS) is 16.3. The van der Waals surface area contributed by atoms with Gasteiger partial charge in [0.15, 0.2) is 0 Å². The molecule has 0 saturated carbocycles. The van der Waals surface area contributed by atoms with Crippen molar-refractivity contribution >= 4 is 0 Å². The van der Waals surface area contributed by atoms with Gasteiger partial charge in [-0.25, -0.2) is 0 Å². The molecule has 0 spiro atoms. The first-order valence-electron chi connectivity index (χ1n) is 6.47. The van der Waals surface area contributed by atoms with E-state index in [-0.39, 0.29) is 6.10 Å². The van der Waals surface area contributed by atoms with Crippen LogP contribution in [0.3, 0.4) is 0 Å². The third-order valence-corrected chi connectivity index (χ3v) is 3.08. The van der Waals surface area contributed by atoms with E-state index in [4.69, 9.17) is 4.74 Å². The first-order valence-corrected chi connectivity index (χ1v) is 6.47. The van der Waals surface area contributed by atoms with E-state index >= 15 is 0 Å². The molecule has 17 heavy (non-hydrogen) atoms. The molecule has 0 N–H and O–H groups in total. The quantitative estimate of drug-likeness (QED) is 0.702. The molecular weight excluding hydrogens is 208 g/mol. The van der Waals surface area contributed by atoms with Gasteiger partial charge in [-0.05, 0) is 18.6 Å². The Morgan fingerprint density at radius 2 is 1.82 bits per heavy atom. The maximum atomic E-state index is 6.10. The van der Waals surface area contributed by atoms with Crippen molar-refractivity contribution in [1.29, 1.82) is 0 Å². The summed E-state index contributed by atoms with van der Waals surface area (Å²) in [6, 6.07) is 10.1. The molecule has 90 valence electrons. The SMILES string of the molecule is CCCCC(Oc1ccccc1)C1C=CC=C1. The largest absolute Gasteiger partial charge is 0.489 e. The van der Waals surface area contributed by atoms with E-state index in [0.29, 0.717) is 5.92 Å². The van der Waals surface area contributed by atoms with Crippen LogP contribution in [0.15, 0.2) is 54.6 Å². The average Bonchev–Trinajstić information content (AvgIpc) is 2.89. The molecular formula is C16H20O. The Balaban J connectivity index is 2.00. The highest BCUT2D eigenvalue weighted by Crippen LogP contribution is 2.23. The molecule has 1 atom stereocenters. The Morgan fingerprint density at radius 3 is 2.47 bits per heavy atom. The van der Waals surface area contributed by atoms with Crippen LogP contribution in [0.4, 0.5) is 0 Å². The molecule has 0 saturated heterocycles. The molecule has 0 amide bonds. The lowest BCUT2D eigenvalue weighted by Gasteiger charge is -2.22. The number of benzene rings is 1. The van der Waals surface area contributed by atoms with Gasteiger partial charge in [0.2, 0.25) is 0 Å². The summed E-state index contributed by atoms with van der Waals surface area (Å²) < 4.78 is 6.10.